The second-order valence-corrected chi connectivity index (χ2v) is 6.77. The van der Waals surface area contributed by atoms with Crippen LogP contribution in [0.4, 0.5) is 17.1 Å². The van der Waals surface area contributed by atoms with Crippen molar-refractivity contribution in [1.29, 1.82) is 0 Å². The zero-order valence-corrected chi connectivity index (χ0v) is 14.3. The van der Waals surface area contributed by atoms with Crippen LogP contribution in [0.2, 0.25) is 0 Å². The van der Waals surface area contributed by atoms with Crippen LogP contribution in [0.3, 0.4) is 0 Å². The van der Waals surface area contributed by atoms with Gasteiger partial charge in [0.05, 0.1) is 27.9 Å². The Kier molecular flexibility index (Phi) is 5.09. The van der Waals surface area contributed by atoms with E-state index in [1.54, 1.807) is 0 Å². The molecule has 0 aliphatic carbocycles. The standard InChI is InChI=1S/C14H13N3O8S/c1-9-3-5-11(18)8-14(9)26(23,24)17(25-2)12-6-4-10(15(19)20)7-13(12)16(21)22/h3-8,18H,1-2H3. The fraction of sp³-hybridized carbons (Fsp3) is 0.143. The fourth-order valence-electron chi connectivity index (χ4n) is 2.21. The molecule has 0 atom stereocenters. The van der Waals surface area contributed by atoms with Crippen molar-refractivity contribution < 1.29 is 28.2 Å². The lowest BCUT2D eigenvalue weighted by Gasteiger charge is -2.22. The molecule has 0 saturated heterocycles. The first-order valence-corrected chi connectivity index (χ1v) is 8.35. The topological polar surface area (TPSA) is 153 Å². The number of anilines is 1. The Labute approximate surface area is 147 Å². The zero-order chi connectivity index (χ0) is 19.6. The fourth-order valence-corrected chi connectivity index (χ4v) is 3.74. The molecule has 0 spiro atoms. The third kappa shape index (κ3) is 3.41. The van der Waals surface area contributed by atoms with Crippen LogP contribution in [-0.4, -0.2) is 30.5 Å². The molecule has 26 heavy (non-hydrogen) atoms. The Balaban J connectivity index is 2.70. The number of nitrogens with zero attached hydrogens (tertiary/aromatic N) is 3. The number of aromatic hydroxyl groups is 1. The van der Waals surface area contributed by atoms with Gasteiger partial charge in [-0.05, 0) is 24.6 Å². The Morgan fingerprint density at radius 3 is 2.27 bits per heavy atom. The first-order chi connectivity index (χ1) is 12.1. The molecule has 0 aliphatic rings. The van der Waals surface area contributed by atoms with Gasteiger partial charge in [-0.15, -0.1) is 4.47 Å². The average Bonchev–Trinajstić information content (AvgIpc) is 2.57. The third-order valence-electron chi connectivity index (χ3n) is 3.40. The van der Waals surface area contributed by atoms with Crippen molar-refractivity contribution in [3.63, 3.8) is 0 Å². The van der Waals surface area contributed by atoms with E-state index in [4.69, 9.17) is 4.84 Å². The molecule has 0 heterocycles. The number of nitro groups is 2. The summed E-state index contributed by atoms with van der Waals surface area (Å²) >= 11 is 0. The van der Waals surface area contributed by atoms with Crippen molar-refractivity contribution >= 4 is 27.1 Å². The minimum Gasteiger partial charge on any atom is -0.508 e. The molecule has 2 rings (SSSR count). The highest BCUT2D eigenvalue weighted by Crippen LogP contribution is 2.36. The molecule has 0 amide bonds. The number of hydrogen-bond donors (Lipinski definition) is 1. The van der Waals surface area contributed by atoms with Gasteiger partial charge in [-0.2, -0.15) is 8.42 Å². The van der Waals surface area contributed by atoms with Gasteiger partial charge in [-0.3, -0.25) is 25.1 Å². The highest BCUT2D eigenvalue weighted by atomic mass is 32.2. The van der Waals surface area contributed by atoms with Crippen molar-refractivity contribution in [3.05, 3.63) is 62.2 Å². The van der Waals surface area contributed by atoms with E-state index in [1.165, 1.54) is 19.1 Å². The van der Waals surface area contributed by atoms with E-state index < -0.39 is 36.9 Å². The molecule has 12 heteroatoms. The summed E-state index contributed by atoms with van der Waals surface area (Å²) in [5, 5.41) is 31.6. The van der Waals surface area contributed by atoms with Crippen molar-refractivity contribution in [3.8, 4) is 5.75 Å². The number of phenolic OH excluding ortho intramolecular Hbond substituents is 1. The largest absolute Gasteiger partial charge is 0.508 e. The predicted molar refractivity (Wildman–Crippen MR) is 89.3 cm³/mol. The molecule has 11 nitrogen and oxygen atoms in total. The van der Waals surface area contributed by atoms with Gasteiger partial charge in [0.25, 0.3) is 15.7 Å². The summed E-state index contributed by atoms with van der Waals surface area (Å²) in [5.41, 5.74) is -1.68. The summed E-state index contributed by atoms with van der Waals surface area (Å²) in [5.74, 6) is -0.330. The maximum Gasteiger partial charge on any atom is 0.303 e. The summed E-state index contributed by atoms with van der Waals surface area (Å²) in [6, 6.07) is 6.04. The maximum absolute atomic E-state index is 12.9. The van der Waals surface area contributed by atoms with Gasteiger partial charge < -0.3 is 5.11 Å². The van der Waals surface area contributed by atoms with Crippen LogP contribution in [0, 0.1) is 27.2 Å². The monoisotopic (exact) mass is 383 g/mol. The van der Waals surface area contributed by atoms with E-state index in [1.807, 2.05) is 0 Å². The zero-order valence-electron chi connectivity index (χ0n) is 13.5. The number of aryl methyl sites for hydroxylation is 1. The number of non-ortho nitro benzene ring substituents is 1. The number of rotatable bonds is 6. The third-order valence-corrected chi connectivity index (χ3v) is 5.17. The van der Waals surface area contributed by atoms with Gasteiger partial charge >= 0.3 is 5.69 Å². The summed E-state index contributed by atoms with van der Waals surface area (Å²) in [6.07, 6.45) is 0. The molecule has 0 saturated carbocycles. The smallest absolute Gasteiger partial charge is 0.303 e. The van der Waals surface area contributed by atoms with Crippen molar-refractivity contribution in [2.24, 2.45) is 0 Å². The molecule has 1 N–H and O–H groups in total. The molecule has 0 aromatic heterocycles. The lowest BCUT2D eigenvalue weighted by atomic mass is 10.2. The van der Waals surface area contributed by atoms with E-state index in [9.17, 15) is 33.8 Å². The van der Waals surface area contributed by atoms with Crippen molar-refractivity contribution in [2.75, 3.05) is 11.6 Å². The summed E-state index contributed by atoms with van der Waals surface area (Å²) in [7, 11) is -3.50. The molecule has 138 valence electrons. The quantitative estimate of drug-likeness (QED) is 0.588. The van der Waals surface area contributed by atoms with E-state index in [2.05, 4.69) is 0 Å². The van der Waals surface area contributed by atoms with Gasteiger partial charge in [0.2, 0.25) is 0 Å². The van der Waals surface area contributed by atoms with Gasteiger partial charge in [-0.1, -0.05) is 6.07 Å². The number of hydrogen-bond acceptors (Lipinski definition) is 8. The van der Waals surface area contributed by atoms with E-state index in [0.717, 1.165) is 25.3 Å². The highest BCUT2D eigenvalue weighted by molar-refractivity contribution is 7.92. The molecule has 0 radical (unpaired) electrons. The molecule has 0 fully saturated rings. The second kappa shape index (κ2) is 6.93. The molecule has 0 aliphatic heterocycles. The van der Waals surface area contributed by atoms with Crippen LogP contribution in [0.25, 0.3) is 0 Å². The molecule has 2 aromatic carbocycles. The molecule has 0 bridgehead atoms. The minimum atomic E-state index is -4.47. The van der Waals surface area contributed by atoms with Crippen LogP contribution in [0.15, 0.2) is 41.3 Å². The highest BCUT2D eigenvalue weighted by Gasteiger charge is 2.33. The van der Waals surface area contributed by atoms with E-state index in [-0.39, 0.29) is 20.7 Å². The maximum atomic E-state index is 12.9. The first kappa shape index (κ1) is 19.1. The lowest BCUT2D eigenvalue weighted by molar-refractivity contribution is -0.393. The van der Waals surface area contributed by atoms with Crippen LogP contribution < -0.4 is 4.47 Å². The summed E-state index contributed by atoms with van der Waals surface area (Å²) in [4.78, 5) is 24.8. The number of phenols is 1. The normalized spacial score (nSPS) is 11.2. The van der Waals surface area contributed by atoms with Crippen molar-refractivity contribution in [2.45, 2.75) is 11.8 Å². The molecule has 0 unspecified atom stereocenters. The van der Waals surface area contributed by atoms with Crippen molar-refractivity contribution in [1.82, 2.24) is 0 Å². The van der Waals surface area contributed by atoms with Crippen LogP contribution in [-0.2, 0) is 14.9 Å². The summed E-state index contributed by atoms with van der Waals surface area (Å²) in [6.45, 7) is 1.46. The Hall–Kier alpha value is -3.25. The van der Waals surface area contributed by atoms with Gasteiger partial charge in [0, 0.05) is 12.1 Å². The summed E-state index contributed by atoms with van der Waals surface area (Å²) < 4.78 is 26.0. The van der Waals surface area contributed by atoms with Crippen LogP contribution in [0.5, 0.6) is 5.75 Å². The van der Waals surface area contributed by atoms with Crippen LogP contribution >= 0.6 is 0 Å². The van der Waals surface area contributed by atoms with E-state index >= 15 is 0 Å². The van der Waals surface area contributed by atoms with Crippen LogP contribution in [0.1, 0.15) is 5.56 Å². The Bertz CT molecular complexity index is 990. The number of benzene rings is 2. The number of nitro benzene ring substituents is 2. The SMILES string of the molecule is CON(c1ccc([N+](=O)[O-])cc1[N+](=O)[O-])S(=O)(=O)c1cc(O)ccc1C. The molecular formula is C14H13N3O8S. The van der Waals surface area contributed by atoms with Gasteiger partial charge in [0.15, 0.2) is 5.69 Å². The number of sulfonamides is 1. The Morgan fingerprint density at radius 1 is 1.08 bits per heavy atom. The van der Waals surface area contributed by atoms with Gasteiger partial charge in [-0.25, -0.2) is 0 Å². The van der Waals surface area contributed by atoms with Gasteiger partial charge in [0.1, 0.15) is 5.75 Å². The lowest BCUT2D eigenvalue weighted by Crippen LogP contribution is -2.31. The average molecular weight is 383 g/mol. The Morgan fingerprint density at radius 2 is 1.73 bits per heavy atom. The first-order valence-electron chi connectivity index (χ1n) is 6.91. The van der Waals surface area contributed by atoms with E-state index in [0.29, 0.717) is 6.07 Å². The molecule has 2 aromatic rings. The minimum absolute atomic E-state index is 0.259. The second-order valence-electron chi connectivity index (χ2n) is 5.05. The molecular weight excluding hydrogens is 370 g/mol. The predicted octanol–water partition coefficient (Wildman–Crippen LogP) is 2.27.